The number of halogens is 2. The Hall–Kier alpha value is -2.51. The Kier molecular flexibility index (Phi) is 7.97. The Morgan fingerprint density at radius 2 is 1.56 bits per heavy atom. The number of aromatic amines is 2. The van der Waals surface area contributed by atoms with Crippen molar-refractivity contribution in [1.82, 2.24) is 9.97 Å². The lowest BCUT2D eigenvalue weighted by atomic mass is 10.1. The molecule has 2 heterocycles. The van der Waals surface area contributed by atoms with E-state index in [-0.39, 0.29) is 17.5 Å². The van der Waals surface area contributed by atoms with Crippen molar-refractivity contribution >= 4 is 43.6 Å². The van der Waals surface area contributed by atoms with Crippen LogP contribution < -0.4 is 11.1 Å². The fourth-order valence-electron chi connectivity index (χ4n) is 1.55. The first-order chi connectivity index (χ1) is 11.8. The highest BCUT2D eigenvalue weighted by Crippen LogP contribution is 2.08. The largest absolute Gasteiger partial charge is 0.465 e. The summed E-state index contributed by atoms with van der Waals surface area (Å²) in [5.74, 6) is -1.11. The van der Waals surface area contributed by atoms with Gasteiger partial charge in [0.25, 0.3) is 11.1 Å². The van der Waals surface area contributed by atoms with E-state index in [0.29, 0.717) is 8.95 Å². The fraction of sp³-hybridized carbons (Fsp3) is 0.133. The Morgan fingerprint density at radius 1 is 1.08 bits per heavy atom. The summed E-state index contributed by atoms with van der Waals surface area (Å²) in [7, 11) is 1.22. The number of carbonyl (C=O) groups is 2. The summed E-state index contributed by atoms with van der Waals surface area (Å²) in [4.78, 5) is 48.9. The number of ketones is 1. The Balaban J connectivity index is 0.000000251. The van der Waals surface area contributed by atoms with Crippen LogP contribution in [0.1, 0.15) is 27.1 Å². The zero-order valence-electron chi connectivity index (χ0n) is 12.8. The fourth-order valence-corrected chi connectivity index (χ4v) is 2.24. The number of esters is 1. The van der Waals surface area contributed by atoms with E-state index in [2.05, 4.69) is 46.6 Å². The number of nitrogens with one attached hydrogen (secondary N) is 2. The van der Waals surface area contributed by atoms with Crippen molar-refractivity contribution in [2.24, 2.45) is 0 Å². The van der Waals surface area contributed by atoms with Crippen LogP contribution in [0.5, 0.6) is 0 Å². The predicted molar refractivity (Wildman–Crippen MR) is 95.4 cm³/mol. The zero-order chi connectivity index (χ0) is 19.0. The maximum Gasteiger partial charge on any atom is 0.343 e. The third-order valence-corrected chi connectivity index (χ3v) is 3.60. The van der Waals surface area contributed by atoms with Crippen molar-refractivity contribution in [2.75, 3.05) is 7.11 Å². The molecule has 0 amide bonds. The first-order valence-corrected chi connectivity index (χ1v) is 8.13. The lowest BCUT2D eigenvalue weighted by Crippen LogP contribution is -2.17. The molecular formula is C15H11Br2N3O5. The van der Waals surface area contributed by atoms with E-state index in [0.717, 1.165) is 0 Å². The number of ether oxygens (including phenoxy) is 1. The van der Waals surface area contributed by atoms with E-state index < -0.39 is 22.9 Å². The molecule has 0 aliphatic carbocycles. The molecule has 10 heteroatoms. The minimum absolute atomic E-state index is 0.00752. The molecule has 0 saturated heterocycles. The Bertz CT molecular complexity index is 943. The molecule has 0 aliphatic rings. The monoisotopic (exact) mass is 471 g/mol. The molecule has 0 aromatic carbocycles. The lowest BCUT2D eigenvalue weighted by molar-refractivity contribution is 0.0598. The van der Waals surface area contributed by atoms with Crippen molar-refractivity contribution < 1.29 is 14.3 Å². The quantitative estimate of drug-likeness (QED) is 0.519. The van der Waals surface area contributed by atoms with Gasteiger partial charge in [-0.05, 0) is 44.0 Å². The second-order valence-electron chi connectivity index (χ2n) is 4.37. The standard InChI is InChI=1S/C8H5BrN2O2.C7H6BrNO3/c9-5-3-6(7(12)1-2-10)8(13)11-4-5;1-12-7(11)5-2-4(8)3-9-6(5)10/h3-4H,1H2,(H,11,13);2-3H,1H3,(H,9,10). The summed E-state index contributed by atoms with van der Waals surface area (Å²) in [6, 6.07) is 4.50. The van der Waals surface area contributed by atoms with E-state index in [1.54, 1.807) is 6.07 Å². The molecule has 0 bridgehead atoms. The molecule has 2 rings (SSSR count). The Labute approximate surface area is 158 Å². The molecule has 2 N–H and O–H groups in total. The number of Topliss-reactive ketones (excluding diaryl/α,β-unsaturated/α-hetero) is 1. The molecule has 0 unspecified atom stereocenters. The molecular weight excluding hydrogens is 462 g/mol. The third-order valence-electron chi connectivity index (χ3n) is 2.68. The molecule has 130 valence electrons. The van der Waals surface area contributed by atoms with Crippen LogP contribution in [-0.4, -0.2) is 28.8 Å². The minimum atomic E-state index is -0.641. The van der Waals surface area contributed by atoms with Gasteiger partial charge in [0, 0.05) is 21.3 Å². The van der Waals surface area contributed by atoms with Crippen molar-refractivity contribution in [3.8, 4) is 6.07 Å². The summed E-state index contributed by atoms with van der Waals surface area (Å²) in [6.07, 6.45) is 2.61. The lowest BCUT2D eigenvalue weighted by Gasteiger charge is -1.97. The van der Waals surface area contributed by atoms with Gasteiger partial charge in [-0.25, -0.2) is 4.79 Å². The zero-order valence-corrected chi connectivity index (χ0v) is 15.9. The van der Waals surface area contributed by atoms with E-state index >= 15 is 0 Å². The number of methoxy groups -OCH3 is 1. The van der Waals surface area contributed by atoms with Gasteiger partial charge in [-0.1, -0.05) is 0 Å². The van der Waals surface area contributed by atoms with E-state index in [4.69, 9.17) is 5.26 Å². The molecule has 0 fully saturated rings. The predicted octanol–water partition coefficient (Wildman–Crippen LogP) is 2.16. The van der Waals surface area contributed by atoms with Crippen molar-refractivity contribution in [2.45, 2.75) is 6.42 Å². The van der Waals surface area contributed by atoms with Gasteiger partial charge < -0.3 is 14.7 Å². The maximum atomic E-state index is 11.2. The summed E-state index contributed by atoms with van der Waals surface area (Å²) >= 11 is 6.23. The number of aromatic nitrogens is 2. The number of rotatable bonds is 3. The van der Waals surface area contributed by atoms with E-state index in [1.165, 1.54) is 31.6 Å². The van der Waals surface area contributed by atoms with E-state index in [1.807, 2.05) is 0 Å². The second-order valence-corrected chi connectivity index (χ2v) is 6.20. The number of nitriles is 1. The summed E-state index contributed by atoms with van der Waals surface area (Å²) in [5, 5.41) is 8.26. The summed E-state index contributed by atoms with van der Waals surface area (Å²) in [5.41, 5.74) is -0.920. The smallest absolute Gasteiger partial charge is 0.343 e. The summed E-state index contributed by atoms with van der Waals surface area (Å²) < 4.78 is 5.62. The molecule has 25 heavy (non-hydrogen) atoms. The van der Waals surface area contributed by atoms with Crippen LogP contribution in [0.2, 0.25) is 0 Å². The Morgan fingerprint density at radius 3 is 2.04 bits per heavy atom. The van der Waals surface area contributed by atoms with Crippen LogP contribution in [0.25, 0.3) is 0 Å². The van der Waals surface area contributed by atoms with Crippen LogP contribution in [0.4, 0.5) is 0 Å². The second kappa shape index (κ2) is 9.71. The molecule has 0 saturated carbocycles. The van der Waals surface area contributed by atoms with Gasteiger partial charge in [-0.15, -0.1) is 0 Å². The SMILES string of the molecule is COC(=O)c1cc(Br)c[nH]c1=O.N#CCC(=O)c1cc(Br)c[nH]c1=O. The van der Waals surface area contributed by atoms with Gasteiger partial charge in [0.15, 0.2) is 5.78 Å². The highest BCUT2D eigenvalue weighted by Gasteiger charge is 2.10. The van der Waals surface area contributed by atoms with Gasteiger partial charge in [-0.3, -0.25) is 14.4 Å². The van der Waals surface area contributed by atoms with Gasteiger partial charge in [0.1, 0.15) is 5.56 Å². The topological polar surface area (TPSA) is 133 Å². The molecule has 2 aromatic heterocycles. The summed E-state index contributed by atoms with van der Waals surface area (Å²) in [6.45, 7) is 0. The number of H-pyrrole nitrogens is 2. The average molecular weight is 473 g/mol. The van der Waals surface area contributed by atoms with Gasteiger partial charge >= 0.3 is 5.97 Å². The highest BCUT2D eigenvalue weighted by atomic mass is 79.9. The van der Waals surface area contributed by atoms with Crippen molar-refractivity contribution in [3.05, 3.63) is 65.3 Å². The number of carbonyl (C=O) groups excluding carboxylic acids is 2. The van der Waals surface area contributed by atoms with Crippen molar-refractivity contribution in [3.63, 3.8) is 0 Å². The molecule has 0 radical (unpaired) electrons. The maximum absolute atomic E-state index is 11.2. The van der Waals surface area contributed by atoms with Gasteiger partial charge in [0.2, 0.25) is 0 Å². The number of pyridine rings is 2. The molecule has 0 aliphatic heterocycles. The first-order valence-electron chi connectivity index (χ1n) is 6.55. The molecule has 0 spiro atoms. The third kappa shape index (κ3) is 6.13. The number of hydrogen-bond donors (Lipinski definition) is 2. The van der Waals surface area contributed by atoms with Crippen LogP contribution >= 0.6 is 31.9 Å². The number of nitrogens with zero attached hydrogens (tertiary/aromatic N) is 1. The molecule has 0 atom stereocenters. The van der Waals surface area contributed by atoms with Crippen molar-refractivity contribution in [1.29, 1.82) is 5.26 Å². The van der Waals surface area contributed by atoms with Crippen LogP contribution in [0, 0.1) is 11.3 Å². The van der Waals surface area contributed by atoms with Gasteiger partial charge in [-0.2, -0.15) is 5.26 Å². The average Bonchev–Trinajstić information content (AvgIpc) is 2.59. The van der Waals surface area contributed by atoms with Crippen LogP contribution in [0.15, 0.2) is 43.1 Å². The highest BCUT2D eigenvalue weighted by molar-refractivity contribution is 9.10. The number of hydrogen-bond acceptors (Lipinski definition) is 6. The van der Waals surface area contributed by atoms with Crippen LogP contribution in [0.3, 0.4) is 0 Å². The first kappa shape index (κ1) is 20.5. The molecule has 2 aromatic rings. The minimum Gasteiger partial charge on any atom is -0.465 e. The van der Waals surface area contributed by atoms with E-state index in [9.17, 15) is 19.2 Å². The van der Waals surface area contributed by atoms with Crippen LogP contribution in [-0.2, 0) is 4.74 Å². The molecule has 8 nitrogen and oxygen atoms in total. The normalized spacial score (nSPS) is 9.36. The van der Waals surface area contributed by atoms with Gasteiger partial charge in [0.05, 0.1) is 25.2 Å².